The summed E-state index contributed by atoms with van der Waals surface area (Å²) in [6, 6.07) is 1.84. The van der Waals surface area contributed by atoms with Crippen LogP contribution >= 0.6 is 12.4 Å². The van der Waals surface area contributed by atoms with Gasteiger partial charge in [0.15, 0.2) is 17.4 Å². The first-order chi connectivity index (χ1) is 8.61. The summed E-state index contributed by atoms with van der Waals surface area (Å²) in [4.78, 5) is 11.8. The zero-order valence-electron chi connectivity index (χ0n) is 10.3. The summed E-state index contributed by atoms with van der Waals surface area (Å²) in [5.41, 5.74) is -0.162. The van der Waals surface area contributed by atoms with Gasteiger partial charge < -0.3 is 15.4 Å². The van der Waals surface area contributed by atoms with Gasteiger partial charge in [-0.05, 0) is 13.0 Å². The van der Waals surface area contributed by atoms with Gasteiger partial charge in [-0.2, -0.15) is 0 Å². The van der Waals surface area contributed by atoms with E-state index in [2.05, 4.69) is 15.4 Å². The first kappa shape index (κ1) is 15.7. The van der Waals surface area contributed by atoms with E-state index < -0.39 is 11.6 Å². The van der Waals surface area contributed by atoms with Crippen LogP contribution < -0.4 is 15.4 Å². The van der Waals surface area contributed by atoms with Gasteiger partial charge in [0.25, 0.3) is 0 Å². The van der Waals surface area contributed by atoms with Gasteiger partial charge in [0, 0.05) is 18.7 Å². The molecule has 1 aromatic carbocycles. The zero-order chi connectivity index (χ0) is 13.1. The van der Waals surface area contributed by atoms with Crippen LogP contribution in [0.4, 0.5) is 14.5 Å². The molecule has 1 atom stereocenters. The fourth-order valence-corrected chi connectivity index (χ4v) is 1.89. The minimum Gasteiger partial charge on any atom is -0.494 e. The second-order valence-corrected chi connectivity index (χ2v) is 4.15. The highest BCUT2D eigenvalue weighted by molar-refractivity contribution is 5.93. The van der Waals surface area contributed by atoms with Gasteiger partial charge in [0.2, 0.25) is 5.91 Å². The summed E-state index contributed by atoms with van der Waals surface area (Å²) in [6.45, 7) is 1.32. The molecule has 19 heavy (non-hydrogen) atoms. The Labute approximate surface area is 115 Å². The van der Waals surface area contributed by atoms with E-state index in [1.165, 1.54) is 7.11 Å². The molecule has 0 saturated carbocycles. The highest BCUT2D eigenvalue weighted by Crippen LogP contribution is 2.25. The Bertz CT molecular complexity index is 465. The molecule has 106 valence electrons. The van der Waals surface area contributed by atoms with Gasteiger partial charge >= 0.3 is 0 Å². The van der Waals surface area contributed by atoms with E-state index in [0.29, 0.717) is 13.0 Å². The summed E-state index contributed by atoms with van der Waals surface area (Å²) in [5, 5.41) is 5.43. The number of rotatable bonds is 3. The van der Waals surface area contributed by atoms with Crippen molar-refractivity contribution in [2.75, 3.05) is 25.5 Å². The number of anilines is 1. The summed E-state index contributed by atoms with van der Waals surface area (Å²) < 4.78 is 31.6. The number of carbonyl (C=O) groups is 1. The Hall–Kier alpha value is -1.40. The van der Waals surface area contributed by atoms with Crippen molar-refractivity contribution in [3.05, 3.63) is 23.8 Å². The lowest BCUT2D eigenvalue weighted by Crippen LogP contribution is -2.25. The second-order valence-electron chi connectivity index (χ2n) is 4.15. The summed E-state index contributed by atoms with van der Waals surface area (Å²) >= 11 is 0. The number of amides is 1. The molecule has 4 nitrogen and oxygen atoms in total. The Morgan fingerprint density at radius 2 is 2.16 bits per heavy atom. The lowest BCUT2D eigenvalue weighted by atomic mass is 10.1. The van der Waals surface area contributed by atoms with Crippen LogP contribution in [-0.2, 0) is 4.79 Å². The molecule has 1 heterocycles. The number of halogens is 3. The molecule has 0 bridgehead atoms. The molecule has 1 amide bonds. The smallest absolute Gasteiger partial charge is 0.228 e. The molecule has 1 unspecified atom stereocenters. The predicted molar refractivity (Wildman–Crippen MR) is 69.8 cm³/mol. The quantitative estimate of drug-likeness (QED) is 0.895. The number of hydrogen-bond acceptors (Lipinski definition) is 3. The van der Waals surface area contributed by atoms with Crippen LogP contribution in [0.15, 0.2) is 12.1 Å². The van der Waals surface area contributed by atoms with Crippen molar-refractivity contribution in [2.45, 2.75) is 6.42 Å². The van der Waals surface area contributed by atoms with Gasteiger partial charge in [-0.25, -0.2) is 8.78 Å². The monoisotopic (exact) mass is 292 g/mol. The molecule has 2 N–H and O–H groups in total. The highest BCUT2D eigenvalue weighted by atomic mass is 35.5. The van der Waals surface area contributed by atoms with E-state index in [1.807, 2.05) is 0 Å². The van der Waals surface area contributed by atoms with Gasteiger partial charge in [-0.1, -0.05) is 0 Å². The number of carbonyl (C=O) groups excluding carboxylic acids is 1. The van der Waals surface area contributed by atoms with Gasteiger partial charge in [0.05, 0.1) is 18.7 Å². The molecular weight excluding hydrogens is 278 g/mol. The molecule has 7 heteroatoms. The Kier molecular flexibility index (Phi) is 5.50. The fraction of sp³-hybridized carbons (Fsp3) is 0.417. The van der Waals surface area contributed by atoms with E-state index in [0.717, 1.165) is 18.7 Å². The van der Waals surface area contributed by atoms with Crippen LogP contribution in [0.25, 0.3) is 0 Å². The largest absolute Gasteiger partial charge is 0.494 e. The van der Waals surface area contributed by atoms with Crippen molar-refractivity contribution in [1.29, 1.82) is 0 Å². The molecule has 0 spiro atoms. The van der Waals surface area contributed by atoms with Crippen molar-refractivity contribution in [3.63, 3.8) is 0 Å². The minimum atomic E-state index is -0.715. The normalized spacial score (nSPS) is 17.7. The fourth-order valence-electron chi connectivity index (χ4n) is 1.89. The summed E-state index contributed by atoms with van der Waals surface area (Å²) in [5.74, 6) is -2.11. The Balaban J connectivity index is 0.00000180. The highest BCUT2D eigenvalue weighted by Gasteiger charge is 2.23. The van der Waals surface area contributed by atoms with Crippen LogP contribution in [0.1, 0.15) is 6.42 Å². The predicted octanol–water partition coefficient (Wildman–Crippen LogP) is 1.94. The molecule has 0 aromatic heterocycles. The third-order valence-corrected chi connectivity index (χ3v) is 2.93. The first-order valence-corrected chi connectivity index (χ1v) is 5.66. The van der Waals surface area contributed by atoms with Crippen LogP contribution in [0.5, 0.6) is 5.75 Å². The van der Waals surface area contributed by atoms with Gasteiger partial charge in [0.1, 0.15) is 0 Å². The van der Waals surface area contributed by atoms with Crippen molar-refractivity contribution >= 4 is 24.0 Å². The number of methoxy groups -OCH3 is 1. The van der Waals surface area contributed by atoms with E-state index in [4.69, 9.17) is 0 Å². The average molecular weight is 293 g/mol. The Morgan fingerprint density at radius 3 is 2.74 bits per heavy atom. The molecule has 1 fully saturated rings. The third kappa shape index (κ3) is 3.54. The first-order valence-electron chi connectivity index (χ1n) is 5.66. The lowest BCUT2D eigenvalue weighted by molar-refractivity contribution is -0.119. The second kappa shape index (κ2) is 6.68. The van der Waals surface area contributed by atoms with Crippen LogP contribution in [-0.4, -0.2) is 26.1 Å². The standard InChI is InChI=1S/C12H14F2N2O2.ClH/c1-18-11-5-8(13)10(4-9(11)14)16-12(17)7-2-3-15-6-7;/h4-5,7,15H,2-3,6H2,1H3,(H,16,17);1H. The van der Waals surface area contributed by atoms with Crippen LogP contribution in [0.3, 0.4) is 0 Å². The van der Waals surface area contributed by atoms with E-state index in [-0.39, 0.29) is 35.7 Å². The maximum Gasteiger partial charge on any atom is 0.228 e. The lowest BCUT2D eigenvalue weighted by Gasteiger charge is -2.11. The van der Waals surface area contributed by atoms with Crippen LogP contribution in [0.2, 0.25) is 0 Å². The SMILES string of the molecule is COc1cc(F)c(NC(=O)C2CCNC2)cc1F.Cl. The molecule has 0 radical (unpaired) electrons. The van der Waals surface area contributed by atoms with Crippen molar-refractivity contribution in [3.8, 4) is 5.75 Å². The average Bonchev–Trinajstić information content (AvgIpc) is 2.87. The molecule has 1 aliphatic rings. The van der Waals surface area contributed by atoms with Crippen molar-refractivity contribution in [1.82, 2.24) is 5.32 Å². The maximum atomic E-state index is 13.6. The molecule has 1 aliphatic heterocycles. The molecular formula is C12H15ClF2N2O2. The van der Waals surface area contributed by atoms with Crippen LogP contribution in [0, 0.1) is 17.6 Å². The zero-order valence-corrected chi connectivity index (χ0v) is 11.2. The molecule has 1 aromatic rings. The summed E-state index contributed by atoms with van der Waals surface area (Å²) in [6.07, 6.45) is 0.700. The topological polar surface area (TPSA) is 50.4 Å². The van der Waals surface area contributed by atoms with Gasteiger partial charge in [-0.15, -0.1) is 12.4 Å². The number of ether oxygens (including phenoxy) is 1. The molecule has 2 rings (SSSR count). The van der Waals surface area contributed by atoms with Crippen molar-refractivity contribution < 1.29 is 18.3 Å². The minimum absolute atomic E-state index is 0. The van der Waals surface area contributed by atoms with E-state index in [9.17, 15) is 13.6 Å². The third-order valence-electron chi connectivity index (χ3n) is 2.93. The van der Waals surface area contributed by atoms with E-state index >= 15 is 0 Å². The summed E-state index contributed by atoms with van der Waals surface area (Å²) in [7, 11) is 1.25. The van der Waals surface area contributed by atoms with Gasteiger partial charge in [-0.3, -0.25) is 4.79 Å². The van der Waals surface area contributed by atoms with Crippen molar-refractivity contribution in [2.24, 2.45) is 5.92 Å². The van der Waals surface area contributed by atoms with E-state index in [1.54, 1.807) is 0 Å². The molecule has 0 aliphatic carbocycles. The number of benzene rings is 1. The maximum absolute atomic E-state index is 13.6. The Morgan fingerprint density at radius 1 is 1.42 bits per heavy atom. The molecule has 1 saturated heterocycles. The number of hydrogen-bond donors (Lipinski definition) is 2. The number of nitrogens with one attached hydrogen (secondary N) is 2.